The van der Waals surface area contributed by atoms with Crippen molar-refractivity contribution in [3.8, 4) is 0 Å². The zero-order chi connectivity index (χ0) is 10.7. The normalized spacial score (nSPS) is 26.3. The molecule has 0 unspecified atom stereocenters. The molecule has 0 radical (unpaired) electrons. The minimum atomic E-state index is -0.185. The van der Waals surface area contributed by atoms with E-state index in [-0.39, 0.29) is 12.1 Å². The van der Waals surface area contributed by atoms with E-state index in [2.05, 4.69) is 40.0 Å². The highest BCUT2D eigenvalue weighted by atomic mass is 127. The van der Waals surface area contributed by atoms with Crippen molar-refractivity contribution < 1.29 is 5.11 Å². The van der Waals surface area contributed by atoms with Crippen LogP contribution in [0.3, 0.4) is 0 Å². The van der Waals surface area contributed by atoms with E-state index in [0.29, 0.717) is 0 Å². The Balaban J connectivity index is 2.04. The molecule has 1 fully saturated rings. The van der Waals surface area contributed by atoms with E-state index >= 15 is 0 Å². The van der Waals surface area contributed by atoms with Gasteiger partial charge in [0.05, 0.1) is 12.1 Å². The number of hydrogen-bond donors (Lipinski definition) is 2. The van der Waals surface area contributed by atoms with Gasteiger partial charge in [-0.25, -0.2) is 0 Å². The first-order valence-corrected chi connectivity index (χ1v) is 6.54. The Morgan fingerprint density at radius 2 is 1.93 bits per heavy atom. The van der Waals surface area contributed by atoms with Gasteiger partial charge in [-0.2, -0.15) is 0 Å². The van der Waals surface area contributed by atoms with E-state index in [0.717, 1.165) is 24.9 Å². The van der Waals surface area contributed by atoms with Gasteiger partial charge >= 0.3 is 0 Å². The van der Waals surface area contributed by atoms with Crippen LogP contribution in [0.15, 0.2) is 24.3 Å². The van der Waals surface area contributed by atoms with Crippen LogP contribution in [0.4, 0.5) is 5.69 Å². The molecule has 0 aromatic heterocycles. The lowest BCUT2D eigenvalue weighted by Crippen LogP contribution is -2.36. The zero-order valence-electron chi connectivity index (χ0n) is 8.62. The first-order chi connectivity index (χ1) is 7.27. The van der Waals surface area contributed by atoms with Gasteiger partial charge in [-0.05, 0) is 47.6 Å². The fourth-order valence-corrected chi connectivity index (χ4v) is 2.60. The van der Waals surface area contributed by atoms with Crippen LogP contribution in [0.1, 0.15) is 25.7 Å². The SMILES string of the molecule is O[C@H]1CCCC[C@@H]1Nc1ccccc1I. The molecule has 1 aliphatic carbocycles. The Hall–Kier alpha value is -0.290. The van der Waals surface area contributed by atoms with Gasteiger partial charge in [0.25, 0.3) is 0 Å². The maximum atomic E-state index is 9.86. The van der Waals surface area contributed by atoms with E-state index in [4.69, 9.17) is 0 Å². The maximum absolute atomic E-state index is 9.86. The minimum Gasteiger partial charge on any atom is -0.391 e. The molecule has 0 heterocycles. The van der Waals surface area contributed by atoms with Crippen molar-refractivity contribution in [3.05, 3.63) is 27.8 Å². The molecule has 2 atom stereocenters. The van der Waals surface area contributed by atoms with E-state index in [9.17, 15) is 5.11 Å². The molecular weight excluding hydrogens is 301 g/mol. The van der Waals surface area contributed by atoms with Crippen molar-refractivity contribution in [2.75, 3.05) is 5.32 Å². The number of nitrogens with one attached hydrogen (secondary N) is 1. The quantitative estimate of drug-likeness (QED) is 0.822. The van der Waals surface area contributed by atoms with Crippen LogP contribution >= 0.6 is 22.6 Å². The zero-order valence-corrected chi connectivity index (χ0v) is 10.8. The molecule has 0 saturated heterocycles. The summed E-state index contributed by atoms with van der Waals surface area (Å²) in [6.45, 7) is 0. The molecule has 2 N–H and O–H groups in total. The molecule has 1 saturated carbocycles. The molecule has 2 rings (SSSR count). The summed E-state index contributed by atoms with van der Waals surface area (Å²) in [4.78, 5) is 0. The first-order valence-electron chi connectivity index (χ1n) is 5.46. The lowest BCUT2D eigenvalue weighted by atomic mass is 9.92. The average molecular weight is 317 g/mol. The van der Waals surface area contributed by atoms with Crippen LogP contribution in [0.25, 0.3) is 0 Å². The van der Waals surface area contributed by atoms with E-state index < -0.39 is 0 Å². The van der Waals surface area contributed by atoms with Gasteiger partial charge < -0.3 is 10.4 Å². The minimum absolute atomic E-state index is 0.185. The second-order valence-corrected chi connectivity index (χ2v) is 5.24. The number of aliphatic hydroxyl groups is 1. The fourth-order valence-electron chi connectivity index (χ4n) is 2.06. The Morgan fingerprint density at radius 3 is 2.67 bits per heavy atom. The van der Waals surface area contributed by atoms with Crippen molar-refractivity contribution in [2.45, 2.75) is 37.8 Å². The molecular formula is C12H16INO. The van der Waals surface area contributed by atoms with Crippen molar-refractivity contribution in [1.82, 2.24) is 0 Å². The second-order valence-electron chi connectivity index (χ2n) is 4.08. The summed E-state index contributed by atoms with van der Waals surface area (Å²) < 4.78 is 1.22. The van der Waals surface area contributed by atoms with Crippen molar-refractivity contribution >= 4 is 28.3 Å². The molecule has 82 valence electrons. The standard InChI is InChI=1S/C12H16INO/c13-9-5-1-2-6-10(9)14-11-7-3-4-8-12(11)15/h1-2,5-6,11-12,14-15H,3-4,7-8H2/t11-,12-/m0/s1. The molecule has 15 heavy (non-hydrogen) atoms. The summed E-state index contributed by atoms with van der Waals surface area (Å²) in [6.07, 6.45) is 4.20. The van der Waals surface area contributed by atoms with Gasteiger partial charge in [-0.1, -0.05) is 25.0 Å². The van der Waals surface area contributed by atoms with Gasteiger partial charge in [0.2, 0.25) is 0 Å². The number of halogens is 1. The summed E-state index contributed by atoms with van der Waals surface area (Å²) in [5, 5.41) is 13.3. The van der Waals surface area contributed by atoms with E-state index in [1.54, 1.807) is 0 Å². The molecule has 0 bridgehead atoms. The molecule has 3 heteroatoms. The number of aliphatic hydroxyl groups excluding tert-OH is 1. The number of para-hydroxylation sites is 1. The number of anilines is 1. The van der Waals surface area contributed by atoms with Gasteiger partial charge in [-0.3, -0.25) is 0 Å². The van der Waals surface area contributed by atoms with Crippen molar-refractivity contribution in [3.63, 3.8) is 0 Å². The second kappa shape index (κ2) is 5.16. The van der Waals surface area contributed by atoms with Gasteiger partial charge in [0.15, 0.2) is 0 Å². The van der Waals surface area contributed by atoms with Crippen LogP contribution in [-0.4, -0.2) is 17.3 Å². The molecule has 2 nitrogen and oxygen atoms in total. The first kappa shape index (κ1) is 11.2. The lowest BCUT2D eigenvalue weighted by molar-refractivity contribution is 0.116. The predicted molar refractivity (Wildman–Crippen MR) is 71.0 cm³/mol. The Morgan fingerprint density at radius 1 is 1.20 bits per heavy atom. The Kier molecular flexibility index (Phi) is 3.86. The summed E-state index contributed by atoms with van der Waals surface area (Å²) in [7, 11) is 0. The van der Waals surface area contributed by atoms with Crippen LogP contribution in [0.2, 0.25) is 0 Å². The lowest BCUT2D eigenvalue weighted by Gasteiger charge is -2.29. The third-order valence-electron chi connectivity index (χ3n) is 2.94. The van der Waals surface area contributed by atoms with Crippen molar-refractivity contribution in [2.24, 2.45) is 0 Å². The monoisotopic (exact) mass is 317 g/mol. The van der Waals surface area contributed by atoms with Crippen molar-refractivity contribution in [1.29, 1.82) is 0 Å². The van der Waals surface area contributed by atoms with Gasteiger partial charge in [0, 0.05) is 9.26 Å². The Bertz CT molecular complexity index is 329. The third-order valence-corrected chi connectivity index (χ3v) is 3.88. The van der Waals surface area contributed by atoms with E-state index in [1.165, 1.54) is 9.99 Å². The smallest absolute Gasteiger partial charge is 0.0741 e. The highest BCUT2D eigenvalue weighted by Crippen LogP contribution is 2.24. The summed E-state index contributed by atoms with van der Waals surface area (Å²) in [5.74, 6) is 0. The summed E-state index contributed by atoms with van der Waals surface area (Å²) in [5.41, 5.74) is 1.14. The largest absolute Gasteiger partial charge is 0.391 e. The topological polar surface area (TPSA) is 32.3 Å². The summed E-state index contributed by atoms with van der Waals surface area (Å²) in [6, 6.07) is 8.44. The van der Waals surface area contributed by atoms with E-state index in [1.807, 2.05) is 12.1 Å². The molecule has 1 aromatic carbocycles. The number of benzene rings is 1. The Labute approximate surface area is 104 Å². The van der Waals surface area contributed by atoms with Crippen LogP contribution < -0.4 is 5.32 Å². The number of hydrogen-bond acceptors (Lipinski definition) is 2. The molecule has 1 aromatic rings. The fraction of sp³-hybridized carbons (Fsp3) is 0.500. The summed E-state index contributed by atoms with van der Waals surface area (Å²) >= 11 is 2.32. The number of rotatable bonds is 2. The van der Waals surface area contributed by atoms with Gasteiger partial charge in [0.1, 0.15) is 0 Å². The molecule has 0 amide bonds. The predicted octanol–water partition coefficient (Wildman–Crippen LogP) is 3.01. The van der Waals surface area contributed by atoms with Gasteiger partial charge in [-0.15, -0.1) is 0 Å². The maximum Gasteiger partial charge on any atom is 0.0741 e. The van der Waals surface area contributed by atoms with Crippen LogP contribution in [0, 0.1) is 3.57 Å². The molecule has 0 aliphatic heterocycles. The molecule has 0 spiro atoms. The van der Waals surface area contributed by atoms with Crippen LogP contribution in [0.5, 0.6) is 0 Å². The van der Waals surface area contributed by atoms with Crippen LogP contribution in [-0.2, 0) is 0 Å². The third kappa shape index (κ3) is 2.84. The highest BCUT2D eigenvalue weighted by Gasteiger charge is 2.22. The average Bonchev–Trinajstić information content (AvgIpc) is 2.24. The highest BCUT2D eigenvalue weighted by molar-refractivity contribution is 14.1. The molecule has 1 aliphatic rings.